The first-order valence-corrected chi connectivity index (χ1v) is 11.2. The Morgan fingerprint density at radius 1 is 0.968 bits per heavy atom. The van der Waals surface area contributed by atoms with Crippen molar-refractivity contribution in [3.8, 4) is 0 Å². The summed E-state index contributed by atoms with van der Waals surface area (Å²) >= 11 is 0. The summed E-state index contributed by atoms with van der Waals surface area (Å²) in [7, 11) is 0. The Bertz CT molecular complexity index is 1130. The number of hydrogen-bond donors (Lipinski definition) is 0. The van der Waals surface area contributed by atoms with E-state index in [0.29, 0.717) is 18.0 Å². The molecule has 2 nitrogen and oxygen atoms in total. The third-order valence-electron chi connectivity index (χ3n) is 6.27. The first kappa shape index (κ1) is 22.7. The molecule has 0 saturated heterocycles. The smallest absolute Gasteiger partial charge is 0.147 e. The number of rotatable bonds is 5. The molecule has 0 saturated carbocycles. The van der Waals surface area contributed by atoms with E-state index in [1.165, 1.54) is 11.1 Å². The van der Waals surface area contributed by atoms with E-state index in [1.54, 1.807) is 12.3 Å². The molecule has 0 aliphatic heterocycles. The molecule has 2 aromatic heterocycles. The predicted molar refractivity (Wildman–Crippen MR) is 129 cm³/mol. The molecule has 2 heterocycles. The number of halogens is 1. The highest BCUT2D eigenvalue weighted by Crippen LogP contribution is 2.43. The molecule has 4 aromatic rings. The zero-order valence-corrected chi connectivity index (χ0v) is 19.5. The predicted octanol–water partition coefficient (Wildman–Crippen LogP) is 7.52. The van der Waals surface area contributed by atoms with Crippen molar-refractivity contribution < 1.29 is 4.39 Å². The van der Waals surface area contributed by atoms with Crippen LogP contribution in [0.15, 0.2) is 73.1 Å². The molecule has 1 unspecified atom stereocenters. The molecule has 0 radical (unpaired) electrons. The highest BCUT2D eigenvalue weighted by molar-refractivity contribution is 5.86. The van der Waals surface area contributed by atoms with Crippen LogP contribution < -0.4 is 0 Å². The minimum atomic E-state index is -0.241. The molecular formula is C28H33FN2. The zero-order chi connectivity index (χ0) is 22.6. The number of nitrogens with zero attached hydrogens (tertiary/aromatic N) is 2. The SMILES string of the molecule is CC.Cc1ccc(C(C)(c2cn(Cc3ccccn3)c3c(F)cccc23)C(C)C)cc1. The molecule has 2 aromatic carbocycles. The largest absolute Gasteiger partial charge is 0.339 e. The second-order valence-electron chi connectivity index (χ2n) is 8.35. The molecule has 0 spiro atoms. The van der Waals surface area contributed by atoms with Gasteiger partial charge >= 0.3 is 0 Å². The van der Waals surface area contributed by atoms with Crippen LogP contribution in [0.1, 0.15) is 57.0 Å². The average Bonchev–Trinajstić information content (AvgIpc) is 3.15. The summed E-state index contributed by atoms with van der Waals surface area (Å²) < 4.78 is 17.0. The zero-order valence-electron chi connectivity index (χ0n) is 19.5. The van der Waals surface area contributed by atoms with Crippen molar-refractivity contribution in [1.29, 1.82) is 0 Å². The highest BCUT2D eigenvalue weighted by atomic mass is 19.1. The summed E-state index contributed by atoms with van der Waals surface area (Å²) in [5.41, 5.74) is 4.97. The van der Waals surface area contributed by atoms with Crippen LogP contribution in [0.4, 0.5) is 4.39 Å². The fourth-order valence-corrected chi connectivity index (χ4v) is 4.22. The third kappa shape index (κ3) is 4.27. The molecule has 0 aliphatic rings. The lowest BCUT2D eigenvalue weighted by molar-refractivity contribution is 0.407. The van der Waals surface area contributed by atoms with Crippen LogP contribution >= 0.6 is 0 Å². The van der Waals surface area contributed by atoms with Gasteiger partial charge in [0.15, 0.2) is 0 Å². The van der Waals surface area contributed by atoms with Gasteiger partial charge in [0.05, 0.1) is 17.8 Å². The standard InChI is InChI=1S/C26H27FN2.C2H6/c1-18(2)26(4,20-13-11-19(3)12-14-20)23-17-29(16-21-8-5-6-15-28-21)25-22(23)9-7-10-24(25)27;1-2/h5-15,17-18H,16H2,1-4H3;1-2H3. The molecule has 0 fully saturated rings. The Morgan fingerprint density at radius 3 is 2.29 bits per heavy atom. The van der Waals surface area contributed by atoms with Gasteiger partial charge in [-0.2, -0.15) is 0 Å². The summed E-state index contributed by atoms with van der Waals surface area (Å²) in [6.07, 6.45) is 3.91. The van der Waals surface area contributed by atoms with Gasteiger partial charge in [-0.05, 0) is 42.2 Å². The molecule has 0 amide bonds. The first-order chi connectivity index (χ1) is 14.9. The van der Waals surface area contributed by atoms with E-state index in [-0.39, 0.29) is 11.2 Å². The summed E-state index contributed by atoms with van der Waals surface area (Å²) in [6, 6.07) is 20.0. The van der Waals surface area contributed by atoms with Crippen molar-refractivity contribution in [2.24, 2.45) is 5.92 Å². The van der Waals surface area contributed by atoms with Gasteiger partial charge < -0.3 is 4.57 Å². The van der Waals surface area contributed by atoms with Crippen LogP contribution in [-0.2, 0) is 12.0 Å². The molecule has 0 bridgehead atoms. The van der Waals surface area contributed by atoms with Crippen molar-refractivity contribution >= 4 is 10.9 Å². The molecule has 1 atom stereocenters. The third-order valence-corrected chi connectivity index (χ3v) is 6.27. The first-order valence-electron chi connectivity index (χ1n) is 11.2. The van der Waals surface area contributed by atoms with Gasteiger partial charge in [-0.1, -0.05) is 82.6 Å². The van der Waals surface area contributed by atoms with Crippen LogP contribution in [0, 0.1) is 18.7 Å². The van der Waals surface area contributed by atoms with E-state index in [4.69, 9.17) is 0 Å². The van der Waals surface area contributed by atoms with Crippen LogP contribution in [0.5, 0.6) is 0 Å². The van der Waals surface area contributed by atoms with Crippen molar-refractivity contribution in [2.75, 3.05) is 0 Å². The van der Waals surface area contributed by atoms with Gasteiger partial charge in [0, 0.05) is 23.2 Å². The number of hydrogen-bond acceptors (Lipinski definition) is 1. The molecular weight excluding hydrogens is 383 g/mol. The maximum Gasteiger partial charge on any atom is 0.147 e. The number of pyridine rings is 1. The monoisotopic (exact) mass is 416 g/mol. The van der Waals surface area contributed by atoms with Gasteiger partial charge in [0.2, 0.25) is 0 Å². The van der Waals surface area contributed by atoms with E-state index in [0.717, 1.165) is 16.6 Å². The molecule has 31 heavy (non-hydrogen) atoms. The van der Waals surface area contributed by atoms with E-state index in [9.17, 15) is 4.39 Å². The normalized spacial score (nSPS) is 13.0. The van der Waals surface area contributed by atoms with Crippen molar-refractivity contribution in [3.63, 3.8) is 0 Å². The molecule has 0 N–H and O–H groups in total. The van der Waals surface area contributed by atoms with Crippen LogP contribution in [-0.4, -0.2) is 9.55 Å². The minimum Gasteiger partial charge on any atom is -0.339 e. The number of benzene rings is 2. The Balaban J connectivity index is 0.00000132. The molecule has 0 aliphatic carbocycles. The van der Waals surface area contributed by atoms with E-state index in [1.807, 2.05) is 48.7 Å². The van der Waals surface area contributed by atoms with Crippen molar-refractivity contribution in [1.82, 2.24) is 9.55 Å². The lowest BCUT2D eigenvalue weighted by Crippen LogP contribution is -2.30. The van der Waals surface area contributed by atoms with Crippen LogP contribution in [0.3, 0.4) is 0 Å². The van der Waals surface area contributed by atoms with Crippen LogP contribution in [0.2, 0.25) is 0 Å². The number of fused-ring (bicyclic) bond motifs is 1. The highest BCUT2D eigenvalue weighted by Gasteiger charge is 2.35. The van der Waals surface area contributed by atoms with E-state index in [2.05, 4.69) is 63.1 Å². The Hall–Kier alpha value is -2.94. The van der Waals surface area contributed by atoms with Gasteiger partial charge in [-0.25, -0.2) is 4.39 Å². The maximum absolute atomic E-state index is 15.0. The van der Waals surface area contributed by atoms with Crippen LogP contribution in [0.25, 0.3) is 10.9 Å². The summed E-state index contributed by atoms with van der Waals surface area (Å²) in [5.74, 6) is 0.141. The number of aromatic nitrogens is 2. The van der Waals surface area contributed by atoms with Crippen molar-refractivity contribution in [3.05, 3.63) is 101 Å². The van der Waals surface area contributed by atoms with Gasteiger partial charge in [-0.15, -0.1) is 0 Å². The lowest BCUT2D eigenvalue weighted by Gasteiger charge is -2.35. The minimum absolute atomic E-state index is 0.195. The summed E-state index contributed by atoms with van der Waals surface area (Å²) in [6.45, 7) is 13.4. The maximum atomic E-state index is 15.0. The topological polar surface area (TPSA) is 17.8 Å². The summed E-state index contributed by atoms with van der Waals surface area (Å²) in [5, 5.41) is 0.970. The molecule has 162 valence electrons. The Labute approximate surface area is 185 Å². The Kier molecular flexibility index (Phi) is 6.94. The molecule has 3 heteroatoms. The van der Waals surface area contributed by atoms with E-state index >= 15 is 0 Å². The van der Waals surface area contributed by atoms with Gasteiger partial charge in [0.25, 0.3) is 0 Å². The second kappa shape index (κ2) is 9.47. The van der Waals surface area contributed by atoms with Crippen molar-refractivity contribution in [2.45, 2.75) is 53.5 Å². The molecule has 4 rings (SSSR count). The summed E-state index contributed by atoms with van der Waals surface area (Å²) in [4.78, 5) is 4.44. The van der Waals surface area contributed by atoms with Gasteiger partial charge in [-0.3, -0.25) is 4.98 Å². The average molecular weight is 417 g/mol. The fourth-order valence-electron chi connectivity index (χ4n) is 4.22. The lowest BCUT2D eigenvalue weighted by atomic mass is 9.68. The quantitative estimate of drug-likeness (QED) is 0.329. The second-order valence-corrected chi connectivity index (χ2v) is 8.35. The van der Waals surface area contributed by atoms with Gasteiger partial charge in [0.1, 0.15) is 5.82 Å². The number of aryl methyl sites for hydroxylation is 1. The number of para-hydroxylation sites is 1. The Morgan fingerprint density at radius 2 is 1.68 bits per heavy atom. The fraction of sp³-hybridized carbons (Fsp3) is 0.321. The van der Waals surface area contributed by atoms with E-state index < -0.39 is 0 Å².